The Kier molecular flexibility index (Phi) is 20.3. The molecular weight excluding hydrogens is 465 g/mol. The van der Waals surface area contributed by atoms with Crippen molar-refractivity contribution >= 4 is 44.9 Å². The maximum atomic E-state index is 12.0. The summed E-state index contributed by atoms with van der Waals surface area (Å²) in [7, 11) is 1.96. The number of imide groups is 1. The third-order valence-corrected chi connectivity index (χ3v) is 4.13. The van der Waals surface area contributed by atoms with E-state index in [1.165, 1.54) is 12.2 Å². The summed E-state index contributed by atoms with van der Waals surface area (Å²) in [5.41, 5.74) is 4.47. The van der Waals surface area contributed by atoms with E-state index in [-0.39, 0.29) is 50.1 Å². The standard InChI is InChI=1S/C17H28N3O6P.C4H10N2O/c1-4-5-14(23)20(11-21)7-9-26-8-6-13(22)19-16(12(2)3)17(25)18-10-15(24)27;1-2-3-6-4(5)7/h4-5,11-12,16H,6-10,27H2,1-3H3,(H,18,25)(H,19,22);2-3H2,1H3,(H3,5,6,7)/b5-4-;. The molecule has 0 spiro atoms. The smallest absolute Gasteiger partial charge is 0.312 e. The molecule has 2 atom stereocenters. The molecule has 0 fully saturated rings. The van der Waals surface area contributed by atoms with E-state index in [1.807, 2.05) is 16.2 Å². The van der Waals surface area contributed by atoms with Crippen molar-refractivity contribution in [2.45, 2.75) is 46.6 Å². The Morgan fingerprint density at radius 1 is 1.12 bits per heavy atom. The first-order valence-corrected chi connectivity index (χ1v) is 11.4. The number of carbonyl (C=O) groups is 6. The largest absolute Gasteiger partial charge is 0.379 e. The number of nitrogens with two attached hydrogens (primary N) is 1. The normalized spacial score (nSPS) is 11.1. The highest BCUT2D eigenvalue weighted by Crippen LogP contribution is 2.03. The highest BCUT2D eigenvalue weighted by Gasteiger charge is 2.24. The highest BCUT2D eigenvalue weighted by molar-refractivity contribution is 7.40. The molecule has 0 rings (SSSR count). The van der Waals surface area contributed by atoms with Crippen LogP contribution in [0.15, 0.2) is 12.2 Å². The van der Waals surface area contributed by atoms with Gasteiger partial charge in [-0.15, -0.1) is 0 Å². The summed E-state index contributed by atoms with van der Waals surface area (Å²) < 4.78 is 5.26. The average molecular weight is 504 g/mol. The van der Waals surface area contributed by atoms with E-state index in [4.69, 9.17) is 10.5 Å². The van der Waals surface area contributed by atoms with Crippen molar-refractivity contribution in [1.82, 2.24) is 20.9 Å². The Bertz CT molecular complexity index is 701. The number of nitrogens with one attached hydrogen (secondary N) is 3. The molecule has 194 valence electrons. The topological polar surface area (TPSA) is 177 Å². The van der Waals surface area contributed by atoms with E-state index in [0.29, 0.717) is 13.0 Å². The predicted octanol–water partition coefficient (Wildman–Crippen LogP) is -0.322. The Morgan fingerprint density at radius 2 is 1.76 bits per heavy atom. The second kappa shape index (κ2) is 20.7. The van der Waals surface area contributed by atoms with Gasteiger partial charge < -0.3 is 26.4 Å². The molecule has 2 unspecified atom stereocenters. The maximum absolute atomic E-state index is 12.0. The minimum Gasteiger partial charge on any atom is -0.379 e. The summed E-state index contributed by atoms with van der Waals surface area (Å²) in [6.07, 6.45) is 4.17. The SMILES string of the molecule is C/C=C\C(=O)N(C=O)CCOCCC(=O)NC(C(=O)NCC(=O)P)C(C)C.CCCNC(N)=O. The van der Waals surface area contributed by atoms with Crippen LogP contribution in [0.4, 0.5) is 4.79 Å². The molecule has 34 heavy (non-hydrogen) atoms. The molecule has 5 N–H and O–H groups in total. The van der Waals surface area contributed by atoms with Gasteiger partial charge in [-0.2, -0.15) is 0 Å². The van der Waals surface area contributed by atoms with Crippen LogP contribution in [0, 0.1) is 5.92 Å². The van der Waals surface area contributed by atoms with Gasteiger partial charge in [0.05, 0.1) is 26.3 Å². The molecule has 0 aromatic carbocycles. The third kappa shape index (κ3) is 18.7. The lowest BCUT2D eigenvalue weighted by molar-refractivity contribution is -0.135. The van der Waals surface area contributed by atoms with Gasteiger partial charge in [-0.05, 0) is 25.3 Å². The molecule has 0 aliphatic carbocycles. The van der Waals surface area contributed by atoms with Gasteiger partial charge in [0.2, 0.25) is 18.2 Å². The molecule has 0 aromatic heterocycles. The molecular formula is C21H38N5O7P. The molecule has 0 heterocycles. The first-order valence-electron chi connectivity index (χ1n) is 10.8. The molecule has 0 aliphatic heterocycles. The van der Waals surface area contributed by atoms with Crippen molar-refractivity contribution in [3.63, 3.8) is 0 Å². The maximum Gasteiger partial charge on any atom is 0.312 e. The van der Waals surface area contributed by atoms with E-state index in [0.717, 1.165) is 11.3 Å². The predicted molar refractivity (Wildman–Crippen MR) is 130 cm³/mol. The summed E-state index contributed by atoms with van der Waals surface area (Å²) >= 11 is 0. The van der Waals surface area contributed by atoms with Gasteiger partial charge in [-0.1, -0.05) is 36.1 Å². The minimum atomic E-state index is -0.758. The van der Waals surface area contributed by atoms with E-state index in [1.54, 1.807) is 20.8 Å². The zero-order valence-electron chi connectivity index (χ0n) is 20.3. The lowest BCUT2D eigenvalue weighted by Crippen LogP contribution is -2.50. The number of hydrogen-bond donors (Lipinski definition) is 4. The van der Waals surface area contributed by atoms with Crippen molar-refractivity contribution in [2.24, 2.45) is 11.7 Å². The van der Waals surface area contributed by atoms with Gasteiger partial charge in [0.15, 0.2) is 5.52 Å². The minimum absolute atomic E-state index is 0.0168. The van der Waals surface area contributed by atoms with Gasteiger partial charge in [0.1, 0.15) is 6.04 Å². The van der Waals surface area contributed by atoms with E-state index >= 15 is 0 Å². The molecule has 0 saturated carbocycles. The van der Waals surface area contributed by atoms with E-state index in [2.05, 4.69) is 16.0 Å². The van der Waals surface area contributed by atoms with Crippen LogP contribution in [0.25, 0.3) is 0 Å². The fourth-order valence-electron chi connectivity index (χ4n) is 2.20. The highest BCUT2D eigenvalue weighted by atomic mass is 31.0. The molecule has 12 nitrogen and oxygen atoms in total. The fraction of sp³-hybridized carbons (Fsp3) is 0.619. The van der Waals surface area contributed by atoms with Crippen LogP contribution in [0.5, 0.6) is 0 Å². The molecule has 13 heteroatoms. The lowest BCUT2D eigenvalue weighted by Gasteiger charge is -2.21. The summed E-state index contributed by atoms with van der Waals surface area (Å²) in [5.74, 6) is -1.41. The van der Waals surface area contributed by atoms with Gasteiger partial charge >= 0.3 is 6.03 Å². The Labute approximate surface area is 203 Å². The second-order valence-corrected chi connectivity index (χ2v) is 7.91. The molecule has 6 amide bonds. The van der Waals surface area contributed by atoms with Crippen LogP contribution in [0.2, 0.25) is 0 Å². The fourth-order valence-corrected chi connectivity index (χ4v) is 2.30. The molecule has 0 aliphatic rings. The van der Waals surface area contributed by atoms with Gasteiger partial charge in [0, 0.05) is 13.0 Å². The van der Waals surface area contributed by atoms with Crippen molar-refractivity contribution < 1.29 is 33.5 Å². The molecule has 0 aromatic rings. The average Bonchev–Trinajstić information content (AvgIpc) is 2.77. The Hall–Kier alpha value is -2.85. The van der Waals surface area contributed by atoms with Crippen molar-refractivity contribution in [3.8, 4) is 0 Å². The molecule has 0 saturated heterocycles. The number of carbonyl (C=O) groups excluding carboxylic acids is 6. The number of nitrogens with zero attached hydrogens (tertiary/aromatic N) is 1. The quantitative estimate of drug-likeness (QED) is 0.102. The first-order chi connectivity index (χ1) is 16.0. The van der Waals surface area contributed by atoms with Crippen LogP contribution in [-0.2, 0) is 28.7 Å². The Morgan fingerprint density at radius 3 is 2.21 bits per heavy atom. The second-order valence-electron chi connectivity index (χ2n) is 7.26. The van der Waals surface area contributed by atoms with Crippen LogP contribution >= 0.6 is 9.24 Å². The monoisotopic (exact) mass is 503 g/mol. The summed E-state index contributed by atoms with van der Waals surface area (Å²) in [6.45, 7) is 8.00. The Balaban J connectivity index is 0. The van der Waals surface area contributed by atoms with Gasteiger partial charge in [0.25, 0.3) is 5.91 Å². The lowest BCUT2D eigenvalue weighted by atomic mass is 10.0. The van der Waals surface area contributed by atoms with Crippen LogP contribution in [0.1, 0.15) is 40.5 Å². The number of urea groups is 1. The zero-order valence-corrected chi connectivity index (χ0v) is 21.5. The number of allylic oxidation sites excluding steroid dienone is 1. The molecule has 0 radical (unpaired) electrons. The number of ether oxygens (including phenoxy) is 1. The number of amides is 6. The van der Waals surface area contributed by atoms with Crippen molar-refractivity contribution in [3.05, 3.63) is 12.2 Å². The van der Waals surface area contributed by atoms with Crippen LogP contribution in [-0.4, -0.2) is 79.5 Å². The van der Waals surface area contributed by atoms with Gasteiger partial charge in [-0.25, -0.2) is 4.79 Å². The van der Waals surface area contributed by atoms with Crippen LogP contribution < -0.4 is 21.7 Å². The van der Waals surface area contributed by atoms with E-state index in [9.17, 15) is 28.8 Å². The van der Waals surface area contributed by atoms with Crippen molar-refractivity contribution in [1.29, 1.82) is 0 Å². The third-order valence-electron chi connectivity index (χ3n) is 3.92. The van der Waals surface area contributed by atoms with Gasteiger partial charge in [-0.3, -0.25) is 28.9 Å². The summed E-state index contributed by atoms with van der Waals surface area (Å²) in [4.78, 5) is 68.1. The first kappa shape index (κ1) is 33.3. The van der Waals surface area contributed by atoms with Crippen molar-refractivity contribution in [2.75, 3.05) is 32.8 Å². The number of rotatable bonds is 15. The summed E-state index contributed by atoms with van der Waals surface area (Å²) in [6, 6.07) is -1.20. The summed E-state index contributed by atoms with van der Waals surface area (Å²) in [5, 5.41) is 7.49. The number of hydrogen-bond acceptors (Lipinski definition) is 7. The van der Waals surface area contributed by atoms with Crippen LogP contribution in [0.3, 0.4) is 0 Å². The zero-order chi connectivity index (χ0) is 26.5. The molecule has 0 bridgehead atoms. The van der Waals surface area contributed by atoms with E-state index < -0.39 is 23.9 Å². The number of primary amides is 1.